The molecule has 121 heavy (non-hydrogen) atoms. The summed E-state index contributed by atoms with van der Waals surface area (Å²) >= 11 is 33.2. The molecule has 0 fully saturated rings. The molecule has 30 nitrogen and oxygen atoms in total. The third-order valence-corrected chi connectivity index (χ3v) is 20.4. The van der Waals surface area contributed by atoms with Crippen LogP contribution in [0.5, 0.6) is 0 Å². The third-order valence-electron chi connectivity index (χ3n) is 17.6. The van der Waals surface area contributed by atoms with Crippen molar-refractivity contribution in [2.24, 2.45) is 16.0 Å². The van der Waals surface area contributed by atoms with Crippen molar-refractivity contribution in [2.75, 3.05) is 42.7 Å². The van der Waals surface area contributed by atoms with E-state index >= 15 is 0 Å². The first-order valence-electron chi connectivity index (χ1n) is 35.8. The quantitative estimate of drug-likeness (QED) is 0.0127. The van der Waals surface area contributed by atoms with E-state index in [0.29, 0.717) is 88.3 Å². The zero-order valence-electron chi connectivity index (χ0n) is 65.2. The normalized spacial score (nSPS) is 12.4. The highest BCUT2D eigenvalue weighted by atomic mass is 79.9. The maximum Gasteiger partial charge on any atom is 0.339 e. The Bertz CT molecular complexity index is 5460. The second-order valence-electron chi connectivity index (χ2n) is 25.4. The second kappa shape index (κ2) is 49.0. The number of Topliss-reactive ketones (excluding diaryl/α,β-unsaturated/α-hetero) is 1. The zero-order chi connectivity index (χ0) is 88.2. The smallest absolute Gasteiger partial charge is 0.339 e. The van der Waals surface area contributed by atoms with Crippen LogP contribution in [0.4, 0.5) is 11.4 Å². The van der Waals surface area contributed by atoms with Crippen LogP contribution in [0.1, 0.15) is 107 Å². The van der Waals surface area contributed by atoms with E-state index in [1.807, 2.05) is 54.6 Å². The molecule has 4 aromatic heterocycles. The van der Waals surface area contributed by atoms with Gasteiger partial charge in [-0.1, -0.05) is 87.5 Å². The standard InChI is InChI=1S/C25H21BrClN5O5.C25H20BrClN2O4.C18H19BrN2O4.C9H12N2O2.C7H3Cl2N3O/c1-36-24(34)18-8-6-15(11-20(18)26)14-32(22(25(35)37-2)13-17-5-3-4-10-29-17)23(33)19-9-7-16(27)12-21(19)30-31-28;1-33-25(32)20-7-5-15(10-21(20)26)14-29-22(13-18-4-2-3-9-28-18)23(30)12-16-11-17(27)6-8-19(16)24(29)31;1-24-17(22)14-7-6-12(9-15(14)19)11-21-16(18(23)25-2)10-13-5-3-4-8-20-13;1-13-9(12)8(10)6-7-4-2-3-5-11-7;8-4-1-2-5(7(9)13)6(3-4)11-12-10/h3-12,22H,13-14H2,1-2H3;2-11,22H,12-14H2,1H3;3-9,16,21H,10-11H2,1-2H3;2-5,8H,6,10H2,1H3;1-3H/t2*22-;16-;8-;/m1111./s1. The van der Waals surface area contributed by atoms with Gasteiger partial charge in [-0.25, -0.2) is 19.2 Å². The van der Waals surface area contributed by atoms with Gasteiger partial charge in [0, 0.05) is 154 Å². The molecule has 11 rings (SSSR count). The number of carbonyl (C=O) groups excluding carboxylic acids is 10. The molecule has 0 unspecified atom stereocenters. The molecule has 6 aromatic carbocycles. The first-order valence-corrected chi connectivity index (χ1v) is 39.7. The van der Waals surface area contributed by atoms with E-state index in [0.717, 1.165) is 28.2 Å². The average Bonchev–Trinajstić information content (AvgIpc) is 1.73. The summed E-state index contributed by atoms with van der Waals surface area (Å²) in [6, 6.07) is 47.7. The summed E-state index contributed by atoms with van der Waals surface area (Å²) in [7, 11) is 7.83. The van der Waals surface area contributed by atoms with Crippen molar-refractivity contribution in [1.82, 2.24) is 35.1 Å². The van der Waals surface area contributed by atoms with E-state index in [1.165, 1.54) is 84.0 Å². The zero-order valence-corrected chi connectivity index (χ0v) is 73.0. The number of rotatable bonds is 26. The number of nitrogens with zero attached hydrogens (tertiary/aromatic N) is 12. The number of aromatic nitrogens is 4. The number of hydrogen-bond acceptors (Lipinski definition) is 24. The molecule has 0 bridgehead atoms. The first kappa shape index (κ1) is 96.3. The van der Waals surface area contributed by atoms with Crippen LogP contribution in [0.2, 0.25) is 15.1 Å². The van der Waals surface area contributed by atoms with E-state index in [2.05, 4.69) is 97.8 Å². The van der Waals surface area contributed by atoms with E-state index in [1.54, 1.807) is 121 Å². The predicted molar refractivity (Wildman–Crippen MR) is 461 cm³/mol. The summed E-state index contributed by atoms with van der Waals surface area (Å²) in [4.78, 5) is 148. The highest BCUT2D eigenvalue weighted by Gasteiger charge is 2.37. The maximum atomic E-state index is 13.9. The van der Waals surface area contributed by atoms with E-state index in [-0.39, 0.29) is 71.1 Å². The summed E-state index contributed by atoms with van der Waals surface area (Å²) < 4.78 is 30.3. The Kier molecular flexibility index (Phi) is 39.0. The number of halogens is 7. The number of esters is 6. The molecule has 5 heterocycles. The number of pyridine rings is 4. The Morgan fingerprint density at radius 2 is 0.950 bits per heavy atom. The Morgan fingerprint density at radius 3 is 1.42 bits per heavy atom. The number of fused-ring (bicyclic) bond motifs is 1. The molecule has 626 valence electrons. The highest BCUT2D eigenvalue weighted by Crippen LogP contribution is 2.33. The summed E-state index contributed by atoms with van der Waals surface area (Å²) in [6.45, 7) is 0.570. The minimum absolute atomic E-state index is 0.00803. The van der Waals surface area contributed by atoms with Crippen LogP contribution in [0.25, 0.3) is 20.9 Å². The molecule has 0 saturated heterocycles. The van der Waals surface area contributed by atoms with Crippen molar-refractivity contribution >= 4 is 164 Å². The number of hydrogen-bond donors (Lipinski definition) is 2. The lowest BCUT2D eigenvalue weighted by atomic mass is 9.99. The van der Waals surface area contributed by atoms with Crippen LogP contribution < -0.4 is 11.1 Å². The first-order chi connectivity index (χ1) is 58.1. The van der Waals surface area contributed by atoms with Crippen LogP contribution >= 0.6 is 94.2 Å². The lowest BCUT2D eigenvalue weighted by Gasteiger charge is -2.30. The molecular weight excluding hydrogens is 1840 g/mol. The van der Waals surface area contributed by atoms with Crippen LogP contribution in [0.15, 0.2) is 230 Å². The Morgan fingerprint density at radius 1 is 0.521 bits per heavy atom. The largest absolute Gasteiger partial charge is 0.468 e. The summed E-state index contributed by atoms with van der Waals surface area (Å²) in [5.74, 6) is -3.76. The van der Waals surface area contributed by atoms with Gasteiger partial charge in [-0.2, -0.15) is 0 Å². The number of amides is 2. The summed E-state index contributed by atoms with van der Waals surface area (Å²) in [5, 5.41) is 10.5. The molecule has 0 aliphatic carbocycles. The number of carbonyl (C=O) groups is 10. The third kappa shape index (κ3) is 29.0. The SMILES string of the molecule is COC(=O)[C@H](N)Cc1ccccn1.COC(=O)c1ccc(CN(C(=O)c2ccc(Cl)cc2N=[N+]=[N-])[C@H](Cc2ccccn2)C(=O)OC)cc1Br.COC(=O)c1ccc(CN2C(=O)c3ccc(Cl)cc3CC(=O)[C@H]2Cc2ccccn2)cc1Br.COC(=O)c1ccc(CN[C@H](Cc2ccccn2)C(=O)OC)cc1Br.[N-]=[N+]=Nc1cc(Cl)ccc1C(=O)Cl. The number of benzene rings is 6. The van der Waals surface area contributed by atoms with Crippen molar-refractivity contribution in [1.29, 1.82) is 0 Å². The fourth-order valence-electron chi connectivity index (χ4n) is 11.6. The molecule has 0 spiro atoms. The molecule has 4 atom stereocenters. The molecule has 1 aliphatic rings. The van der Waals surface area contributed by atoms with Gasteiger partial charge in [0.2, 0.25) is 0 Å². The Balaban J connectivity index is 0.000000220. The number of azide groups is 2. The molecule has 2 amide bonds. The van der Waals surface area contributed by atoms with Crippen molar-refractivity contribution in [2.45, 2.75) is 75.9 Å². The molecular formula is C84H75Br3Cl4N14O16. The topological polar surface area (TPSA) is 420 Å². The summed E-state index contributed by atoms with van der Waals surface area (Å²) in [5.41, 5.74) is 30.4. The van der Waals surface area contributed by atoms with Gasteiger partial charge in [0.05, 0.1) is 76.8 Å². The predicted octanol–water partition coefficient (Wildman–Crippen LogP) is 16.6. The lowest BCUT2D eigenvalue weighted by molar-refractivity contribution is -0.146. The summed E-state index contributed by atoms with van der Waals surface area (Å²) in [6.07, 6.45) is 7.91. The number of methoxy groups -OCH3 is 6. The Hall–Kier alpha value is -11.8. The minimum Gasteiger partial charge on any atom is -0.468 e. The van der Waals surface area contributed by atoms with Gasteiger partial charge < -0.3 is 44.0 Å². The monoisotopic (exact) mass is 1910 g/mol. The number of nitrogens with one attached hydrogen (secondary N) is 1. The van der Waals surface area contributed by atoms with Crippen molar-refractivity contribution in [3.8, 4) is 0 Å². The molecule has 10 aromatic rings. The maximum absolute atomic E-state index is 13.9. The molecule has 37 heteroatoms. The van der Waals surface area contributed by atoms with E-state index in [9.17, 15) is 47.9 Å². The number of ether oxygens (including phenoxy) is 6. The molecule has 0 saturated carbocycles. The number of ketones is 1. The van der Waals surface area contributed by atoms with Crippen LogP contribution in [0.3, 0.4) is 0 Å². The molecule has 1 aliphatic heterocycles. The van der Waals surface area contributed by atoms with Crippen LogP contribution in [0, 0.1) is 0 Å². The fourth-order valence-corrected chi connectivity index (χ4v) is 14.1. The van der Waals surface area contributed by atoms with Crippen LogP contribution in [-0.4, -0.2) is 155 Å². The lowest BCUT2D eigenvalue weighted by Crippen LogP contribution is -2.46. The molecule has 0 radical (unpaired) electrons. The Labute approximate surface area is 739 Å². The van der Waals surface area contributed by atoms with Gasteiger partial charge >= 0.3 is 35.8 Å². The minimum atomic E-state index is -1.08. The van der Waals surface area contributed by atoms with Gasteiger partial charge in [0.25, 0.3) is 17.1 Å². The van der Waals surface area contributed by atoms with Crippen LogP contribution in [-0.2, 0) is 99.3 Å². The van der Waals surface area contributed by atoms with E-state index in [4.69, 9.17) is 86.9 Å². The van der Waals surface area contributed by atoms with E-state index < -0.39 is 65.2 Å². The van der Waals surface area contributed by atoms with Gasteiger partial charge in [-0.15, -0.1) is 0 Å². The van der Waals surface area contributed by atoms with Gasteiger partial charge in [-0.05, 0) is 232 Å². The second-order valence-corrected chi connectivity index (χ2v) is 29.7. The van der Waals surface area contributed by atoms with Crippen molar-refractivity contribution in [3.05, 3.63) is 335 Å². The van der Waals surface area contributed by atoms with Gasteiger partial charge in [0.15, 0.2) is 5.78 Å². The fraction of sp³-hybridized carbons (Fsp3) is 0.214. The number of nitrogens with two attached hydrogens (primary N) is 1. The van der Waals surface area contributed by atoms with Crippen molar-refractivity contribution in [3.63, 3.8) is 0 Å². The van der Waals surface area contributed by atoms with Crippen molar-refractivity contribution < 1.29 is 76.4 Å². The molecule has 3 N–H and O–H groups in total. The average molecular weight is 1920 g/mol. The highest BCUT2D eigenvalue weighted by molar-refractivity contribution is 9.11. The van der Waals surface area contributed by atoms with Gasteiger partial charge in [-0.3, -0.25) is 54.0 Å². The van der Waals surface area contributed by atoms with Gasteiger partial charge in [0.1, 0.15) is 18.1 Å².